The van der Waals surface area contributed by atoms with E-state index in [4.69, 9.17) is 15.2 Å². The number of hydrogen-bond acceptors (Lipinski definition) is 3. The van der Waals surface area contributed by atoms with Gasteiger partial charge in [-0.25, -0.2) is 4.39 Å². The Kier molecular flexibility index (Phi) is 4.31. The predicted molar refractivity (Wildman–Crippen MR) is 62.3 cm³/mol. The summed E-state index contributed by atoms with van der Waals surface area (Å²) >= 11 is 0. The van der Waals surface area contributed by atoms with E-state index in [2.05, 4.69) is 0 Å². The lowest BCUT2D eigenvalue weighted by molar-refractivity contribution is 0.336. The molecule has 0 aliphatic rings. The van der Waals surface area contributed by atoms with Crippen molar-refractivity contribution in [3.63, 3.8) is 0 Å². The first-order valence-corrected chi connectivity index (χ1v) is 4.93. The van der Waals surface area contributed by atoms with E-state index in [1.807, 2.05) is 0 Å². The molecule has 0 heterocycles. The van der Waals surface area contributed by atoms with Gasteiger partial charge in [0.2, 0.25) is 0 Å². The van der Waals surface area contributed by atoms with E-state index < -0.39 is 5.82 Å². The predicted octanol–water partition coefficient (Wildman–Crippen LogP) is 2.12. The monoisotopic (exact) mass is 225 g/mol. The zero-order chi connectivity index (χ0) is 12.1. The summed E-state index contributed by atoms with van der Waals surface area (Å²) in [6.07, 6.45) is 3.58. The molecule has 0 amide bonds. The Morgan fingerprint density at radius 1 is 1.31 bits per heavy atom. The Balaban J connectivity index is 3.39. The topological polar surface area (TPSA) is 44.5 Å². The van der Waals surface area contributed by atoms with Gasteiger partial charge in [-0.05, 0) is 18.6 Å². The first-order chi connectivity index (χ1) is 7.65. The van der Waals surface area contributed by atoms with Gasteiger partial charge in [0.05, 0.1) is 14.2 Å². The van der Waals surface area contributed by atoms with Gasteiger partial charge >= 0.3 is 0 Å². The van der Waals surface area contributed by atoms with Crippen molar-refractivity contribution >= 4 is 6.08 Å². The Hall–Kier alpha value is -1.55. The highest BCUT2D eigenvalue weighted by Crippen LogP contribution is 2.36. The summed E-state index contributed by atoms with van der Waals surface area (Å²) in [5.41, 5.74) is 6.95. The molecule has 0 aliphatic carbocycles. The van der Waals surface area contributed by atoms with Crippen LogP contribution in [-0.4, -0.2) is 20.8 Å². The molecule has 0 aromatic heterocycles. The van der Waals surface area contributed by atoms with E-state index in [1.165, 1.54) is 20.3 Å². The van der Waals surface area contributed by atoms with Crippen LogP contribution in [0.5, 0.6) is 11.5 Å². The molecule has 4 heteroatoms. The lowest BCUT2D eigenvalue weighted by atomic mass is 10.1. The number of halogens is 1. The third-order valence-electron chi connectivity index (χ3n) is 2.26. The average Bonchev–Trinajstić information content (AvgIpc) is 2.27. The molecule has 16 heavy (non-hydrogen) atoms. The number of hydrogen-bond donors (Lipinski definition) is 1. The van der Waals surface area contributed by atoms with E-state index in [0.717, 1.165) is 11.1 Å². The summed E-state index contributed by atoms with van der Waals surface area (Å²) < 4.78 is 23.7. The van der Waals surface area contributed by atoms with Crippen molar-refractivity contribution in [1.29, 1.82) is 0 Å². The van der Waals surface area contributed by atoms with Crippen LogP contribution in [0.2, 0.25) is 0 Å². The number of aryl methyl sites for hydroxylation is 1. The molecular weight excluding hydrogens is 209 g/mol. The molecular formula is C12H16FNO2. The minimum absolute atomic E-state index is 0.116. The molecule has 0 unspecified atom stereocenters. The Labute approximate surface area is 94.7 Å². The number of nitrogens with two attached hydrogens (primary N) is 1. The van der Waals surface area contributed by atoms with Crippen molar-refractivity contribution in [2.75, 3.05) is 20.8 Å². The summed E-state index contributed by atoms with van der Waals surface area (Å²) in [6, 6.07) is 1.41. The fourth-order valence-corrected chi connectivity index (χ4v) is 1.53. The van der Waals surface area contributed by atoms with Gasteiger partial charge in [-0.15, -0.1) is 0 Å². The third-order valence-corrected chi connectivity index (χ3v) is 2.26. The molecule has 0 spiro atoms. The van der Waals surface area contributed by atoms with Crippen LogP contribution in [0.1, 0.15) is 11.1 Å². The van der Waals surface area contributed by atoms with Crippen LogP contribution in [-0.2, 0) is 0 Å². The summed E-state index contributed by atoms with van der Waals surface area (Å²) in [5, 5.41) is 0. The molecule has 88 valence electrons. The average molecular weight is 225 g/mol. The SMILES string of the molecule is COc1c(F)cc(C)c(/C=C/CN)c1OC. The Morgan fingerprint density at radius 3 is 2.44 bits per heavy atom. The maximum Gasteiger partial charge on any atom is 0.197 e. The molecule has 0 saturated carbocycles. The highest BCUT2D eigenvalue weighted by molar-refractivity contribution is 5.66. The van der Waals surface area contributed by atoms with Gasteiger partial charge in [0.1, 0.15) is 0 Å². The van der Waals surface area contributed by atoms with E-state index >= 15 is 0 Å². The Morgan fingerprint density at radius 2 is 1.94 bits per heavy atom. The molecule has 0 fully saturated rings. The quantitative estimate of drug-likeness (QED) is 0.853. The van der Waals surface area contributed by atoms with Crippen molar-refractivity contribution in [1.82, 2.24) is 0 Å². The number of ether oxygens (including phenoxy) is 2. The number of benzene rings is 1. The fourth-order valence-electron chi connectivity index (χ4n) is 1.53. The maximum absolute atomic E-state index is 13.5. The minimum atomic E-state index is -0.429. The fraction of sp³-hybridized carbons (Fsp3) is 0.333. The van der Waals surface area contributed by atoms with Crippen molar-refractivity contribution in [2.24, 2.45) is 5.73 Å². The van der Waals surface area contributed by atoms with Gasteiger partial charge < -0.3 is 15.2 Å². The van der Waals surface area contributed by atoms with Crippen molar-refractivity contribution < 1.29 is 13.9 Å². The molecule has 1 aromatic rings. The number of rotatable bonds is 4. The highest BCUT2D eigenvalue weighted by Gasteiger charge is 2.16. The summed E-state index contributed by atoms with van der Waals surface area (Å²) in [6.45, 7) is 2.23. The van der Waals surface area contributed by atoms with Crippen LogP contribution in [0.3, 0.4) is 0 Å². The van der Waals surface area contributed by atoms with E-state index in [0.29, 0.717) is 12.3 Å². The molecule has 0 saturated heterocycles. The van der Waals surface area contributed by atoms with Crippen molar-refractivity contribution in [3.05, 3.63) is 29.1 Å². The molecule has 0 bridgehead atoms. The summed E-state index contributed by atoms with van der Waals surface area (Å²) in [7, 11) is 2.89. The normalized spacial score (nSPS) is 10.8. The summed E-state index contributed by atoms with van der Waals surface area (Å²) in [4.78, 5) is 0. The second kappa shape index (κ2) is 5.51. The number of methoxy groups -OCH3 is 2. The van der Waals surface area contributed by atoms with E-state index in [1.54, 1.807) is 19.1 Å². The molecule has 3 nitrogen and oxygen atoms in total. The van der Waals surface area contributed by atoms with Crippen molar-refractivity contribution in [3.8, 4) is 11.5 Å². The minimum Gasteiger partial charge on any atom is -0.492 e. The van der Waals surface area contributed by atoms with Crippen LogP contribution in [0, 0.1) is 12.7 Å². The highest BCUT2D eigenvalue weighted by atomic mass is 19.1. The van der Waals surface area contributed by atoms with E-state index in [-0.39, 0.29) is 5.75 Å². The van der Waals surface area contributed by atoms with E-state index in [9.17, 15) is 4.39 Å². The lowest BCUT2D eigenvalue weighted by Crippen LogP contribution is -1.99. The molecule has 1 rings (SSSR count). The van der Waals surface area contributed by atoms with Gasteiger partial charge in [0, 0.05) is 12.1 Å². The first-order valence-electron chi connectivity index (χ1n) is 4.93. The van der Waals surface area contributed by atoms with Crippen LogP contribution in [0.25, 0.3) is 6.08 Å². The van der Waals surface area contributed by atoms with Crippen LogP contribution >= 0.6 is 0 Å². The molecule has 2 N–H and O–H groups in total. The second-order valence-electron chi connectivity index (χ2n) is 3.29. The smallest absolute Gasteiger partial charge is 0.197 e. The van der Waals surface area contributed by atoms with Crippen molar-refractivity contribution in [2.45, 2.75) is 6.92 Å². The molecule has 0 radical (unpaired) electrons. The Bertz CT molecular complexity index is 402. The van der Waals surface area contributed by atoms with Gasteiger partial charge in [-0.3, -0.25) is 0 Å². The van der Waals surface area contributed by atoms with Crippen LogP contribution < -0.4 is 15.2 Å². The molecule has 0 atom stereocenters. The standard InChI is InChI=1S/C12H16FNO2/c1-8-7-10(13)12(16-3)11(15-2)9(8)5-4-6-14/h4-5,7H,6,14H2,1-3H3/b5-4+. The van der Waals surface area contributed by atoms with Gasteiger partial charge in [-0.2, -0.15) is 0 Å². The largest absolute Gasteiger partial charge is 0.492 e. The van der Waals surface area contributed by atoms with Gasteiger partial charge in [0.15, 0.2) is 17.3 Å². The first kappa shape index (κ1) is 12.5. The zero-order valence-electron chi connectivity index (χ0n) is 9.71. The summed E-state index contributed by atoms with van der Waals surface area (Å²) in [5.74, 6) is 0.0798. The molecule has 1 aromatic carbocycles. The molecule has 0 aliphatic heterocycles. The van der Waals surface area contributed by atoms with Gasteiger partial charge in [0.25, 0.3) is 0 Å². The lowest BCUT2D eigenvalue weighted by Gasteiger charge is -2.13. The zero-order valence-corrected chi connectivity index (χ0v) is 9.71. The second-order valence-corrected chi connectivity index (χ2v) is 3.29. The van der Waals surface area contributed by atoms with Crippen LogP contribution in [0.4, 0.5) is 4.39 Å². The van der Waals surface area contributed by atoms with Crippen LogP contribution in [0.15, 0.2) is 12.1 Å². The third kappa shape index (κ3) is 2.33. The van der Waals surface area contributed by atoms with Gasteiger partial charge in [-0.1, -0.05) is 12.2 Å². The maximum atomic E-state index is 13.5.